The van der Waals surface area contributed by atoms with Crippen molar-refractivity contribution in [1.29, 1.82) is 0 Å². The Morgan fingerprint density at radius 1 is 1.14 bits per heavy atom. The van der Waals surface area contributed by atoms with Gasteiger partial charge in [0.25, 0.3) is 5.91 Å². The van der Waals surface area contributed by atoms with Gasteiger partial charge in [-0.1, -0.05) is 36.4 Å². The van der Waals surface area contributed by atoms with Gasteiger partial charge in [0.15, 0.2) is 0 Å². The van der Waals surface area contributed by atoms with Crippen molar-refractivity contribution in [3.63, 3.8) is 0 Å². The van der Waals surface area contributed by atoms with Crippen LogP contribution >= 0.6 is 0 Å². The lowest BCUT2D eigenvalue weighted by atomic mass is 9.75. The van der Waals surface area contributed by atoms with Crippen LogP contribution in [0.15, 0.2) is 48.5 Å². The molecule has 1 aliphatic rings. The number of nitrogens with zero attached hydrogens (tertiary/aromatic N) is 2. The molecule has 0 aliphatic heterocycles. The Kier molecular flexibility index (Phi) is 4.63. The Balaban J connectivity index is 1.78. The summed E-state index contributed by atoms with van der Waals surface area (Å²) in [5.74, 6) is 0.0252. The third-order valence-corrected chi connectivity index (χ3v) is 5.45. The molecule has 0 saturated heterocycles. The van der Waals surface area contributed by atoms with Crippen LogP contribution in [0, 0.1) is 0 Å². The number of carbonyl (C=O) groups is 2. The van der Waals surface area contributed by atoms with Crippen LogP contribution in [-0.4, -0.2) is 21.4 Å². The highest BCUT2D eigenvalue weighted by atomic mass is 16.2. The topological polar surface area (TPSA) is 76.0 Å². The number of anilines is 1. The fourth-order valence-electron chi connectivity index (χ4n) is 4.26. The molecular weight excluding hydrogens is 352 g/mol. The summed E-state index contributed by atoms with van der Waals surface area (Å²) in [6.45, 7) is 4.15. The van der Waals surface area contributed by atoms with E-state index in [1.54, 1.807) is 0 Å². The van der Waals surface area contributed by atoms with Gasteiger partial charge in [-0.15, -0.1) is 0 Å². The largest absolute Gasteiger partial charge is 0.338 e. The quantitative estimate of drug-likeness (QED) is 0.733. The number of carbonyl (C=O) groups excluding carboxylic acids is 2. The summed E-state index contributed by atoms with van der Waals surface area (Å²) in [7, 11) is 0. The lowest BCUT2D eigenvalue weighted by Crippen LogP contribution is -2.55. The van der Waals surface area contributed by atoms with E-state index in [1.807, 2.05) is 60.0 Å². The highest BCUT2D eigenvalue weighted by Crippen LogP contribution is 2.36. The number of nitrogens with one attached hydrogen (secondary N) is 2. The molecule has 2 N–H and O–H groups in total. The summed E-state index contributed by atoms with van der Waals surface area (Å²) in [4.78, 5) is 30.2. The molecule has 0 radical (unpaired) electrons. The van der Waals surface area contributed by atoms with Gasteiger partial charge >= 0.3 is 0 Å². The number of rotatable bonds is 4. The van der Waals surface area contributed by atoms with Gasteiger partial charge in [-0.3, -0.25) is 14.9 Å². The van der Waals surface area contributed by atoms with Crippen LogP contribution < -0.4 is 10.6 Å². The second kappa shape index (κ2) is 7.11. The van der Waals surface area contributed by atoms with Gasteiger partial charge in [0.2, 0.25) is 11.9 Å². The average molecular weight is 376 g/mol. The first-order chi connectivity index (χ1) is 13.5. The van der Waals surface area contributed by atoms with Gasteiger partial charge in [0.1, 0.15) is 5.54 Å². The van der Waals surface area contributed by atoms with Crippen LogP contribution in [0.1, 0.15) is 37.8 Å². The Hall–Kier alpha value is -3.15. The molecule has 1 unspecified atom stereocenters. The van der Waals surface area contributed by atoms with Gasteiger partial charge in [-0.25, -0.2) is 4.98 Å². The second-order valence-electron chi connectivity index (χ2n) is 7.22. The van der Waals surface area contributed by atoms with E-state index >= 15 is 0 Å². The van der Waals surface area contributed by atoms with Gasteiger partial charge in [0, 0.05) is 13.5 Å². The first-order valence-corrected chi connectivity index (χ1v) is 9.69. The Morgan fingerprint density at radius 3 is 2.68 bits per heavy atom. The van der Waals surface area contributed by atoms with Crippen LogP contribution in [0.2, 0.25) is 0 Å². The monoisotopic (exact) mass is 376 g/mol. The molecule has 0 fully saturated rings. The molecular formula is C22H24N4O2. The summed E-state index contributed by atoms with van der Waals surface area (Å²) in [5.41, 5.74) is 2.68. The van der Waals surface area contributed by atoms with Gasteiger partial charge < -0.3 is 9.88 Å². The fourth-order valence-corrected chi connectivity index (χ4v) is 4.26. The van der Waals surface area contributed by atoms with Crippen LogP contribution in [0.25, 0.3) is 11.0 Å². The van der Waals surface area contributed by atoms with Crippen molar-refractivity contribution in [1.82, 2.24) is 14.9 Å². The standard InChI is InChI=1S/C22H24N4O2/c1-3-26-19-13-7-6-12-18(19)23-21(26)24-20(28)22(25-15(2)27)14-8-10-16-9-4-5-11-17(16)22/h4-7,9,11-13H,3,8,10,14H2,1-2H3,(H,25,27)(H,23,24,28). The van der Waals surface area contributed by atoms with Crippen molar-refractivity contribution in [3.8, 4) is 0 Å². The van der Waals surface area contributed by atoms with Crippen molar-refractivity contribution in [3.05, 3.63) is 59.7 Å². The fraction of sp³-hybridized carbons (Fsp3) is 0.318. The number of hydrogen-bond donors (Lipinski definition) is 2. The minimum atomic E-state index is -1.09. The molecule has 3 aromatic rings. The third kappa shape index (κ3) is 2.95. The molecule has 1 aliphatic carbocycles. The van der Waals surface area contributed by atoms with Crippen molar-refractivity contribution < 1.29 is 9.59 Å². The van der Waals surface area contributed by atoms with E-state index in [0.29, 0.717) is 18.9 Å². The minimum Gasteiger partial charge on any atom is -0.338 e. The van der Waals surface area contributed by atoms with E-state index in [-0.39, 0.29) is 11.8 Å². The number of imidazole rings is 1. The van der Waals surface area contributed by atoms with Crippen LogP contribution in [0.3, 0.4) is 0 Å². The lowest BCUT2D eigenvalue weighted by molar-refractivity contribution is -0.130. The molecule has 1 atom stereocenters. The molecule has 4 rings (SSSR count). The first kappa shape index (κ1) is 18.2. The number of amides is 2. The van der Waals surface area contributed by atoms with Crippen LogP contribution in [0.4, 0.5) is 5.95 Å². The Morgan fingerprint density at radius 2 is 1.89 bits per heavy atom. The van der Waals surface area contributed by atoms with Crippen molar-refractivity contribution in [2.45, 2.75) is 45.2 Å². The highest BCUT2D eigenvalue weighted by molar-refractivity contribution is 6.01. The number of para-hydroxylation sites is 2. The first-order valence-electron chi connectivity index (χ1n) is 9.69. The van der Waals surface area contributed by atoms with Crippen molar-refractivity contribution in [2.24, 2.45) is 0 Å². The van der Waals surface area contributed by atoms with E-state index in [2.05, 4.69) is 15.6 Å². The third-order valence-electron chi connectivity index (χ3n) is 5.45. The second-order valence-corrected chi connectivity index (χ2v) is 7.22. The maximum Gasteiger partial charge on any atom is 0.257 e. The number of fused-ring (bicyclic) bond motifs is 2. The van der Waals surface area contributed by atoms with Crippen molar-refractivity contribution in [2.75, 3.05) is 5.32 Å². The smallest absolute Gasteiger partial charge is 0.257 e. The number of aryl methyl sites for hydroxylation is 2. The number of benzene rings is 2. The maximum absolute atomic E-state index is 13.6. The normalized spacial score (nSPS) is 18.5. The molecule has 2 amide bonds. The molecule has 0 spiro atoms. The summed E-state index contributed by atoms with van der Waals surface area (Å²) in [6, 6.07) is 15.6. The van der Waals surface area contributed by atoms with Gasteiger partial charge in [-0.2, -0.15) is 0 Å². The number of hydrogen-bond acceptors (Lipinski definition) is 3. The van der Waals surface area contributed by atoms with Crippen LogP contribution in [-0.2, 0) is 28.1 Å². The Bertz CT molecular complexity index is 1060. The van der Waals surface area contributed by atoms with E-state index in [1.165, 1.54) is 6.92 Å². The van der Waals surface area contributed by atoms with Crippen LogP contribution in [0.5, 0.6) is 0 Å². The highest BCUT2D eigenvalue weighted by Gasteiger charge is 2.44. The zero-order valence-corrected chi connectivity index (χ0v) is 16.2. The zero-order valence-electron chi connectivity index (χ0n) is 16.2. The van der Waals surface area contributed by atoms with E-state index < -0.39 is 5.54 Å². The molecule has 1 aromatic heterocycles. The van der Waals surface area contributed by atoms with Gasteiger partial charge in [-0.05, 0) is 49.4 Å². The predicted octanol–water partition coefficient (Wildman–Crippen LogP) is 3.36. The minimum absolute atomic E-state index is 0.226. The predicted molar refractivity (Wildman–Crippen MR) is 109 cm³/mol. The van der Waals surface area contributed by atoms with E-state index in [4.69, 9.17) is 0 Å². The maximum atomic E-state index is 13.6. The summed E-state index contributed by atoms with van der Waals surface area (Å²) >= 11 is 0. The molecule has 1 heterocycles. The lowest BCUT2D eigenvalue weighted by Gasteiger charge is -2.38. The molecule has 2 aromatic carbocycles. The zero-order chi connectivity index (χ0) is 19.7. The van der Waals surface area contributed by atoms with E-state index in [0.717, 1.165) is 35.0 Å². The van der Waals surface area contributed by atoms with Gasteiger partial charge in [0.05, 0.1) is 11.0 Å². The number of aromatic nitrogens is 2. The Labute approximate surface area is 164 Å². The SMILES string of the molecule is CCn1c(NC(=O)C2(NC(C)=O)CCCc3ccccc32)nc2ccccc21. The molecule has 28 heavy (non-hydrogen) atoms. The summed E-state index contributed by atoms with van der Waals surface area (Å²) < 4.78 is 1.98. The molecule has 0 bridgehead atoms. The summed E-state index contributed by atoms with van der Waals surface area (Å²) in [5, 5.41) is 5.96. The molecule has 0 saturated carbocycles. The molecule has 6 nitrogen and oxygen atoms in total. The summed E-state index contributed by atoms with van der Waals surface area (Å²) in [6.07, 6.45) is 2.29. The molecule has 6 heteroatoms. The average Bonchev–Trinajstić information content (AvgIpc) is 3.04. The van der Waals surface area contributed by atoms with E-state index in [9.17, 15) is 9.59 Å². The van der Waals surface area contributed by atoms with Crippen molar-refractivity contribution >= 4 is 28.8 Å². The molecule has 144 valence electrons.